The molecule has 0 aliphatic heterocycles. The highest BCUT2D eigenvalue weighted by Gasteiger charge is 2.46. The van der Waals surface area contributed by atoms with Crippen molar-refractivity contribution in [1.29, 1.82) is 0 Å². The first-order chi connectivity index (χ1) is 17.5. The third-order valence-electron chi connectivity index (χ3n) is 5.94. The molecule has 37 heavy (non-hydrogen) atoms. The predicted molar refractivity (Wildman–Crippen MR) is 130 cm³/mol. The van der Waals surface area contributed by atoms with Gasteiger partial charge in [0.05, 0.1) is 36.2 Å². The van der Waals surface area contributed by atoms with Gasteiger partial charge in [-0.25, -0.2) is 0 Å². The SMILES string of the molecule is CCOC(=O)[C@@H]1C[C@@H]1c1ccc(C(F)(F)F)c(NC(=O)c2c(C)cc(Oc3cncc(Cl)n3)cc2C)c1. The summed E-state index contributed by atoms with van der Waals surface area (Å²) in [5.74, 6) is -1.23. The number of aromatic nitrogens is 2. The van der Waals surface area contributed by atoms with Crippen LogP contribution in [0.25, 0.3) is 0 Å². The fourth-order valence-corrected chi connectivity index (χ4v) is 4.38. The van der Waals surface area contributed by atoms with E-state index >= 15 is 0 Å². The normalized spacial score (nSPS) is 16.7. The lowest BCUT2D eigenvalue weighted by atomic mass is 10.00. The van der Waals surface area contributed by atoms with Crippen molar-refractivity contribution in [3.8, 4) is 11.6 Å². The van der Waals surface area contributed by atoms with Crippen LogP contribution in [0.2, 0.25) is 5.15 Å². The lowest BCUT2D eigenvalue weighted by Gasteiger charge is -2.17. The lowest BCUT2D eigenvalue weighted by Crippen LogP contribution is -2.19. The molecule has 1 heterocycles. The molecule has 2 aromatic carbocycles. The van der Waals surface area contributed by atoms with Crippen LogP contribution in [0.15, 0.2) is 42.7 Å². The number of rotatable bonds is 7. The summed E-state index contributed by atoms with van der Waals surface area (Å²) >= 11 is 5.82. The Morgan fingerprint density at radius 1 is 1.14 bits per heavy atom. The number of carbonyl (C=O) groups excluding carboxylic acids is 2. The van der Waals surface area contributed by atoms with E-state index in [1.54, 1.807) is 32.9 Å². The topological polar surface area (TPSA) is 90.4 Å². The maximum Gasteiger partial charge on any atom is 0.418 e. The van der Waals surface area contributed by atoms with Crippen molar-refractivity contribution in [2.75, 3.05) is 11.9 Å². The Morgan fingerprint density at radius 2 is 1.84 bits per heavy atom. The average Bonchev–Trinajstić information content (AvgIpc) is 3.59. The van der Waals surface area contributed by atoms with Crippen molar-refractivity contribution in [2.45, 2.75) is 39.3 Å². The zero-order chi connectivity index (χ0) is 26.9. The van der Waals surface area contributed by atoms with Gasteiger partial charge in [-0.1, -0.05) is 17.7 Å². The maximum atomic E-state index is 13.7. The van der Waals surface area contributed by atoms with Crippen LogP contribution in [0.3, 0.4) is 0 Å². The van der Waals surface area contributed by atoms with Crippen molar-refractivity contribution in [3.63, 3.8) is 0 Å². The molecular formula is C26H23ClF3N3O4. The quantitative estimate of drug-likeness (QED) is 0.350. The Morgan fingerprint density at radius 3 is 2.46 bits per heavy atom. The second-order valence-electron chi connectivity index (χ2n) is 8.67. The first-order valence-corrected chi connectivity index (χ1v) is 11.8. The molecule has 194 valence electrons. The summed E-state index contributed by atoms with van der Waals surface area (Å²) in [5, 5.41) is 2.57. The van der Waals surface area contributed by atoms with Gasteiger partial charge >= 0.3 is 12.1 Å². The Kier molecular flexibility index (Phi) is 7.40. The number of anilines is 1. The summed E-state index contributed by atoms with van der Waals surface area (Å²) in [5.41, 5.74) is 0.346. The number of carbonyl (C=O) groups is 2. The minimum Gasteiger partial charge on any atom is -0.466 e. The average molecular weight is 534 g/mol. The highest BCUT2D eigenvalue weighted by Crippen LogP contribution is 2.49. The number of hydrogen-bond donors (Lipinski definition) is 1. The first kappa shape index (κ1) is 26.4. The molecule has 0 radical (unpaired) electrons. The number of nitrogens with one attached hydrogen (secondary N) is 1. The summed E-state index contributed by atoms with van der Waals surface area (Å²) in [6.07, 6.45) is -1.49. The first-order valence-electron chi connectivity index (χ1n) is 11.4. The highest BCUT2D eigenvalue weighted by molar-refractivity contribution is 6.29. The number of esters is 1. The number of aryl methyl sites for hydroxylation is 2. The molecule has 3 aromatic rings. The second kappa shape index (κ2) is 10.4. The van der Waals surface area contributed by atoms with Crippen LogP contribution in [0, 0.1) is 19.8 Å². The standard InChI is InChI=1S/C26H23ClF3N3O4/c1-4-36-25(35)18-10-17(18)15-5-6-19(26(28,29)30)20(9-15)32-24(34)23-13(2)7-16(8-14(23)3)37-22-12-31-11-21(27)33-22/h5-9,11-12,17-18H,4,10H2,1-3H3,(H,32,34)/t17-,18-/m1/s1. The monoisotopic (exact) mass is 533 g/mol. The number of halogens is 4. The highest BCUT2D eigenvalue weighted by atomic mass is 35.5. The molecule has 1 N–H and O–H groups in total. The van der Waals surface area contributed by atoms with Gasteiger partial charge in [-0.3, -0.25) is 14.6 Å². The Balaban J connectivity index is 1.59. The van der Waals surface area contributed by atoms with Crippen LogP contribution in [0.4, 0.5) is 18.9 Å². The fraction of sp³-hybridized carbons (Fsp3) is 0.308. The van der Waals surface area contributed by atoms with Crippen LogP contribution in [-0.2, 0) is 15.7 Å². The molecule has 1 fully saturated rings. The molecule has 0 unspecified atom stereocenters. The van der Waals surface area contributed by atoms with Gasteiger partial charge in [0.2, 0.25) is 5.88 Å². The third-order valence-corrected chi connectivity index (χ3v) is 6.13. The molecule has 1 aliphatic carbocycles. The zero-order valence-corrected chi connectivity index (χ0v) is 20.9. The van der Waals surface area contributed by atoms with Crippen LogP contribution < -0.4 is 10.1 Å². The number of benzene rings is 2. The van der Waals surface area contributed by atoms with E-state index in [-0.39, 0.29) is 40.8 Å². The lowest BCUT2D eigenvalue weighted by molar-refractivity contribution is -0.144. The summed E-state index contributed by atoms with van der Waals surface area (Å²) in [7, 11) is 0. The van der Waals surface area contributed by atoms with E-state index in [4.69, 9.17) is 21.1 Å². The molecule has 7 nitrogen and oxygen atoms in total. The summed E-state index contributed by atoms with van der Waals surface area (Å²) < 4.78 is 51.9. The second-order valence-corrected chi connectivity index (χ2v) is 9.06. The predicted octanol–water partition coefficient (Wildman–Crippen LogP) is 6.48. The van der Waals surface area contributed by atoms with Crippen LogP contribution >= 0.6 is 11.6 Å². The van der Waals surface area contributed by atoms with E-state index in [0.29, 0.717) is 28.9 Å². The van der Waals surface area contributed by atoms with E-state index in [2.05, 4.69) is 15.3 Å². The van der Waals surface area contributed by atoms with E-state index < -0.39 is 23.6 Å². The fourth-order valence-electron chi connectivity index (χ4n) is 4.24. The van der Waals surface area contributed by atoms with Crippen molar-refractivity contribution >= 4 is 29.2 Å². The van der Waals surface area contributed by atoms with E-state index in [1.165, 1.54) is 24.5 Å². The summed E-state index contributed by atoms with van der Waals surface area (Å²) in [6, 6.07) is 6.68. The Hall–Kier alpha value is -3.66. The van der Waals surface area contributed by atoms with Crippen molar-refractivity contribution in [1.82, 2.24) is 9.97 Å². The maximum absolute atomic E-state index is 13.7. The molecule has 1 saturated carbocycles. The van der Waals surface area contributed by atoms with E-state index in [9.17, 15) is 22.8 Å². The van der Waals surface area contributed by atoms with Crippen LogP contribution in [0.1, 0.15) is 51.9 Å². The number of ether oxygens (including phenoxy) is 2. The molecular weight excluding hydrogens is 511 g/mol. The van der Waals surface area contributed by atoms with Crippen molar-refractivity contribution in [2.24, 2.45) is 5.92 Å². The van der Waals surface area contributed by atoms with Gasteiger partial charge in [0.1, 0.15) is 5.75 Å². The minimum atomic E-state index is -4.69. The number of hydrogen-bond acceptors (Lipinski definition) is 6. The molecule has 0 spiro atoms. The van der Waals surface area contributed by atoms with Gasteiger partial charge in [0.25, 0.3) is 5.91 Å². The molecule has 0 bridgehead atoms. The van der Waals surface area contributed by atoms with Gasteiger partial charge in [0.15, 0.2) is 5.15 Å². The Bertz CT molecular complexity index is 1340. The molecule has 0 saturated heterocycles. The van der Waals surface area contributed by atoms with Crippen LogP contribution in [0.5, 0.6) is 11.6 Å². The molecule has 4 rings (SSSR count). The summed E-state index contributed by atoms with van der Waals surface area (Å²) in [4.78, 5) is 33.1. The smallest absolute Gasteiger partial charge is 0.418 e. The summed E-state index contributed by atoms with van der Waals surface area (Å²) in [6.45, 7) is 5.21. The van der Waals surface area contributed by atoms with Crippen molar-refractivity contribution < 1.29 is 32.2 Å². The van der Waals surface area contributed by atoms with Gasteiger partial charge in [-0.15, -0.1) is 0 Å². The largest absolute Gasteiger partial charge is 0.466 e. The number of nitrogens with zero attached hydrogens (tertiary/aromatic N) is 2. The third kappa shape index (κ3) is 6.02. The number of alkyl halides is 3. The van der Waals surface area contributed by atoms with Gasteiger partial charge < -0.3 is 14.8 Å². The molecule has 2 atom stereocenters. The van der Waals surface area contributed by atoms with E-state index in [0.717, 1.165) is 6.07 Å². The molecule has 1 aliphatic rings. The van der Waals surface area contributed by atoms with Gasteiger partial charge in [0, 0.05) is 5.56 Å². The van der Waals surface area contributed by atoms with E-state index in [1.807, 2.05) is 0 Å². The van der Waals surface area contributed by atoms with Gasteiger partial charge in [-0.05, 0) is 74.1 Å². The van der Waals surface area contributed by atoms with Gasteiger partial charge in [-0.2, -0.15) is 18.2 Å². The minimum absolute atomic E-state index is 0.143. The van der Waals surface area contributed by atoms with Crippen molar-refractivity contribution in [3.05, 3.63) is 75.7 Å². The number of amides is 1. The Labute approximate surface area is 216 Å². The zero-order valence-electron chi connectivity index (χ0n) is 20.1. The molecule has 1 amide bonds. The molecule has 11 heteroatoms. The molecule has 1 aromatic heterocycles. The van der Waals surface area contributed by atoms with Crippen LogP contribution in [-0.4, -0.2) is 28.5 Å².